The molecule has 0 unspecified atom stereocenters. The van der Waals surface area contributed by atoms with E-state index in [-0.39, 0.29) is 4.90 Å². The van der Waals surface area contributed by atoms with Crippen LogP contribution in [0.2, 0.25) is 0 Å². The molecule has 0 heterocycles. The van der Waals surface area contributed by atoms with E-state index < -0.39 is 10.0 Å². The van der Waals surface area contributed by atoms with E-state index >= 15 is 0 Å². The molecule has 5 nitrogen and oxygen atoms in total. The summed E-state index contributed by atoms with van der Waals surface area (Å²) in [5.74, 6) is 0.690. The Kier molecular flexibility index (Phi) is 6.34. The van der Waals surface area contributed by atoms with Gasteiger partial charge < -0.3 is 4.74 Å². The summed E-state index contributed by atoms with van der Waals surface area (Å²) in [6.07, 6.45) is 1.44. The molecule has 0 bridgehead atoms. The Morgan fingerprint density at radius 3 is 2.45 bits per heavy atom. The molecule has 4 aromatic rings. The third-order valence-electron chi connectivity index (χ3n) is 4.66. The zero-order chi connectivity index (χ0) is 21.7. The highest BCUT2D eigenvalue weighted by molar-refractivity contribution is 9.10. The van der Waals surface area contributed by atoms with Crippen LogP contribution in [0.5, 0.6) is 5.75 Å². The molecule has 0 aliphatic carbocycles. The molecule has 0 aliphatic rings. The smallest absolute Gasteiger partial charge is 0.276 e. The van der Waals surface area contributed by atoms with Gasteiger partial charge in [-0.2, -0.15) is 13.5 Å². The molecule has 156 valence electrons. The Balaban J connectivity index is 1.43. The van der Waals surface area contributed by atoms with Crippen LogP contribution in [0.4, 0.5) is 0 Å². The summed E-state index contributed by atoms with van der Waals surface area (Å²) in [6, 6.07) is 27.9. The van der Waals surface area contributed by atoms with Crippen LogP contribution in [-0.4, -0.2) is 14.6 Å². The fourth-order valence-corrected chi connectivity index (χ4v) is 4.43. The molecule has 4 aromatic carbocycles. The summed E-state index contributed by atoms with van der Waals surface area (Å²) < 4.78 is 31.2. The second kappa shape index (κ2) is 9.32. The zero-order valence-electron chi connectivity index (χ0n) is 16.4. The first-order chi connectivity index (χ1) is 15.0. The maximum atomic E-state index is 12.2. The van der Waals surface area contributed by atoms with Gasteiger partial charge in [-0.15, -0.1) is 0 Å². The average molecular weight is 495 g/mol. The molecule has 0 radical (unpaired) electrons. The minimum absolute atomic E-state index is 0.158. The van der Waals surface area contributed by atoms with Gasteiger partial charge in [-0.25, -0.2) is 4.83 Å². The molecule has 0 amide bonds. The van der Waals surface area contributed by atoms with E-state index in [0.717, 1.165) is 21.0 Å². The molecule has 31 heavy (non-hydrogen) atoms. The lowest BCUT2D eigenvalue weighted by Crippen LogP contribution is -2.18. The van der Waals surface area contributed by atoms with Crippen LogP contribution in [-0.2, 0) is 16.6 Å². The van der Waals surface area contributed by atoms with Crippen molar-refractivity contribution >= 4 is 42.9 Å². The van der Waals surface area contributed by atoms with Crippen molar-refractivity contribution in [3.05, 3.63) is 107 Å². The lowest BCUT2D eigenvalue weighted by atomic mass is 10.1. The van der Waals surface area contributed by atoms with Gasteiger partial charge in [0.05, 0.1) is 15.6 Å². The lowest BCUT2D eigenvalue weighted by Gasteiger charge is -2.11. The number of benzene rings is 4. The monoisotopic (exact) mass is 494 g/mol. The minimum atomic E-state index is -3.69. The van der Waals surface area contributed by atoms with Gasteiger partial charge in [0.2, 0.25) is 0 Å². The average Bonchev–Trinajstić information content (AvgIpc) is 2.79. The van der Waals surface area contributed by atoms with Gasteiger partial charge in [-0.05, 0) is 68.2 Å². The maximum Gasteiger partial charge on any atom is 0.276 e. The molecule has 0 aromatic heterocycles. The summed E-state index contributed by atoms with van der Waals surface area (Å²) in [5, 5.41) is 6.20. The lowest BCUT2D eigenvalue weighted by molar-refractivity contribution is 0.305. The summed E-state index contributed by atoms with van der Waals surface area (Å²) >= 11 is 3.51. The molecule has 1 N–H and O–H groups in total. The van der Waals surface area contributed by atoms with Crippen LogP contribution in [0.15, 0.2) is 105 Å². The van der Waals surface area contributed by atoms with E-state index in [1.54, 1.807) is 18.2 Å². The Hall–Kier alpha value is -3.16. The van der Waals surface area contributed by atoms with E-state index in [2.05, 4.69) is 50.1 Å². The number of hydrogen-bond donors (Lipinski definition) is 1. The maximum absolute atomic E-state index is 12.2. The molecule has 0 fully saturated rings. The van der Waals surface area contributed by atoms with Gasteiger partial charge in [-0.1, -0.05) is 60.7 Å². The minimum Gasteiger partial charge on any atom is -0.488 e. The number of sulfonamides is 1. The van der Waals surface area contributed by atoms with Crippen LogP contribution in [0.1, 0.15) is 11.1 Å². The van der Waals surface area contributed by atoms with Crippen molar-refractivity contribution in [2.24, 2.45) is 5.10 Å². The number of hydrogen-bond acceptors (Lipinski definition) is 4. The largest absolute Gasteiger partial charge is 0.488 e. The molecule has 0 saturated carbocycles. The summed E-state index contributed by atoms with van der Waals surface area (Å²) in [6.45, 7) is 0.435. The van der Waals surface area contributed by atoms with Crippen molar-refractivity contribution in [3.8, 4) is 5.75 Å². The van der Waals surface area contributed by atoms with Gasteiger partial charge in [0, 0.05) is 0 Å². The first-order valence-electron chi connectivity index (χ1n) is 9.52. The second-order valence-corrected chi connectivity index (χ2v) is 9.30. The molecule has 0 saturated heterocycles. The van der Waals surface area contributed by atoms with Crippen LogP contribution in [0.25, 0.3) is 10.8 Å². The Morgan fingerprint density at radius 1 is 0.903 bits per heavy atom. The molecule has 4 rings (SSSR count). The highest BCUT2D eigenvalue weighted by Crippen LogP contribution is 2.27. The Bertz CT molecular complexity index is 1330. The fraction of sp³-hybridized carbons (Fsp3) is 0.0417. The van der Waals surface area contributed by atoms with E-state index in [1.807, 2.05) is 36.4 Å². The Morgan fingerprint density at radius 2 is 1.65 bits per heavy atom. The quantitative estimate of drug-likeness (QED) is 0.272. The second-order valence-electron chi connectivity index (χ2n) is 6.78. The first kappa shape index (κ1) is 21.1. The van der Waals surface area contributed by atoms with Crippen molar-refractivity contribution in [1.29, 1.82) is 0 Å². The number of rotatable bonds is 7. The van der Waals surface area contributed by atoms with Crippen molar-refractivity contribution in [2.75, 3.05) is 0 Å². The molecule has 0 aliphatic heterocycles. The molecular weight excluding hydrogens is 476 g/mol. The third-order valence-corrected chi connectivity index (χ3v) is 6.52. The van der Waals surface area contributed by atoms with Crippen molar-refractivity contribution in [2.45, 2.75) is 11.5 Å². The normalized spacial score (nSPS) is 11.6. The van der Waals surface area contributed by atoms with Crippen LogP contribution in [0.3, 0.4) is 0 Å². The number of halogens is 1. The molecule has 0 spiro atoms. The van der Waals surface area contributed by atoms with Crippen molar-refractivity contribution in [3.63, 3.8) is 0 Å². The predicted octanol–water partition coefficient (Wildman–Crippen LogP) is 5.49. The summed E-state index contributed by atoms with van der Waals surface area (Å²) in [5.41, 5.74) is 1.83. The van der Waals surface area contributed by atoms with Gasteiger partial charge in [0.1, 0.15) is 12.4 Å². The van der Waals surface area contributed by atoms with Gasteiger partial charge in [0.15, 0.2) is 0 Å². The fourth-order valence-electron chi connectivity index (χ4n) is 3.11. The van der Waals surface area contributed by atoms with Crippen LogP contribution >= 0.6 is 15.9 Å². The molecule has 0 atom stereocenters. The van der Waals surface area contributed by atoms with Crippen molar-refractivity contribution < 1.29 is 13.2 Å². The van der Waals surface area contributed by atoms with E-state index in [4.69, 9.17) is 4.74 Å². The molecular formula is C24H19BrN2O3S. The topological polar surface area (TPSA) is 67.8 Å². The number of hydrazone groups is 1. The van der Waals surface area contributed by atoms with Gasteiger partial charge >= 0.3 is 0 Å². The van der Waals surface area contributed by atoms with E-state index in [9.17, 15) is 8.42 Å². The van der Waals surface area contributed by atoms with Crippen molar-refractivity contribution in [1.82, 2.24) is 4.83 Å². The number of fused-ring (bicyclic) bond motifs is 1. The standard InChI is InChI=1S/C24H19BrN2O3S/c25-23-15-18(16-26-27-31(28,29)21-10-2-1-3-11-21)13-14-24(23)30-17-20-9-6-8-19-7-4-5-12-22(19)20/h1-16,27H,17H2/b26-16-. The predicted molar refractivity (Wildman–Crippen MR) is 127 cm³/mol. The number of nitrogens with zero attached hydrogens (tertiary/aromatic N) is 1. The van der Waals surface area contributed by atoms with E-state index in [0.29, 0.717) is 12.4 Å². The van der Waals surface area contributed by atoms with Gasteiger partial charge in [-0.3, -0.25) is 0 Å². The summed E-state index contributed by atoms with van der Waals surface area (Å²) in [7, 11) is -3.69. The number of nitrogens with one attached hydrogen (secondary N) is 1. The SMILES string of the molecule is O=S(=O)(N/N=C\c1ccc(OCc2cccc3ccccc23)c(Br)c1)c1ccccc1. The third kappa shape index (κ3) is 5.13. The highest BCUT2D eigenvalue weighted by Gasteiger charge is 2.11. The Labute approximate surface area is 189 Å². The first-order valence-corrected chi connectivity index (χ1v) is 11.8. The van der Waals surface area contributed by atoms with Crippen LogP contribution < -0.4 is 9.57 Å². The summed E-state index contributed by atoms with van der Waals surface area (Å²) in [4.78, 5) is 2.37. The van der Waals surface area contributed by atoms with E-state index in [1.165, 1.54) is 23.7 Å². The highest BCUT2D eigenvalue weighted by atomic mass is 79.9. The molecule has 7 heteroatoms. The number of ether oxygens (including phenoxy) is 1. The zero-order valence-corrected chi connectivity index (χ0v) is 18.8. The van der Waals surface area contributed by atoms with Crippen LogP contribution in [0, 0.1) is 0 Å². The van der Waals surface area contributed by atoms with Gasteiger partial charge in [0.25, 0.3) is 10.0 Å².